The zero-order valence-corrected chi connectivity index (χ0v) is 16.3. The Bertz CT molecular complexity index is 1020. The molecule has 150 valence electrons. The fraction of sp³-hybridized carbons (Fsp3) is 0.261. The number of esters is 1. The molecule has 1 amide bonds. The molecule has 3 aromatic rings. The number of rotatable bonds is 7. The number of hydrogen-bond acceptors (Lipinski definition) is 4. The van der Waals surface area contributed by atoms with E-state index in [1.165, 1.54) is 0 Å². The Morgan fingerprint density at radius 2 is 1.55 bits per heavy atom. The molecule has 6 nitrogen and oxygen atoms in total. The molecule has 0 heterocycles. The Morgan fingerprint density at radius 1 is 1.00 bits per heavy atom. The van der Waals surface area contributed by atoms with Crippen LogP contribution in [-0.4, -0.2) is 35.6 Å². The number of fused-ring (bicyclic) bond motifs is 2. The Balaban J connectivity index is 1.97. The van der Waals surface area contributed by atoms with Gasteiger partial charge < -0.3 is 15.2 Å². The molecule has 0 aliphatic carbocycles. The molecule has 0 radical (unpaired) electrons. The Hall–Kier alpha value is -3.41. The molecule has 0 aliphatic heterocycles. The maximum absolute atomic E-state index is 13.2. The summed E-state index contributed by atoms with van der Waals surface area (Å²) in [6.07, 6.45) is -0.0530. The van der Waals surface area contributed by atoms with E-state index in [2.05, 4.69) is 5.32 Å². The minimum absolute atomic E-state index is 0.0530. The average Bonchev–Trinajstić information content (AvgIpc) is 2.71. The molecular weight excluding hydrogens is 370 g/mol. The van der Waals surface area contributed by atoms with Crippen LogP contribution in [0.3, 0.4) is 0 Å². The first-order valence-corrected chi connectivity index (χ1v) is 9.53. The lowest BCUT2D eigenvalue weighted by atomic mass is 9.95. The number of carboxylic acids is 1. The number of amides is 1. The van der Waals surface area contributed by atoms with Gasteiger partial charge in [0.15, 0.2) is 0 Å². The van der Waals surface area contributed by atoms with Crippen molar-refractivity contribution < 1.29 is 24.2 Å². The van der Waals surface area contributed by atoms with E-state index in [9.17, 15) is 19.5 Å². The maximum Gasteiger partial charge on any atom is 0.326 e. The van der Waals surface area contributed by atoms with Gasteiger partial charge in [0.1, 0.15) is 6.04 Å². The van der Waals surface area contributed by atoms with Gasteiger partial charge >= 0.3 is 11.9 Å². The summed E-state index contributed by atoms with van der Waals surface area (Å²) in [6.45, 7) is 3.50. The molecular formula is C23H23NO5. The minimum Gasteiger partial charge on any atom is -0.480 e. The molecule has 6 heteroatoms. The Kier molecular flexibility index (Phi) is 6.12. The third kappa shape index (κ3) is 4.37. The van der Waals surface area contributed by atoms with Crippen LogP contribution >= 0.6 is 0 Å². The predicted molar refractivity (Wildman–Crippen MR) is 111 cm³/mol. The molecule has 0 unspecified atom stereocenters. The zero-order valence-electron chi connectivity index (χ0n) is 16.3. The molecule has 0 saturated carbocycles. The summed E-state index contributed by atoms with van der Waals surface area (Å²) < 4.78 is 4.94. The highest BCUT2D eigenvalue weighted by atomic mass is 16.5. The maximum atomic E-state index is 13.2. The third-order valence-corrected chi connectivity index (χ3v) is 4.88. The Labute approximate surface area is 168 Å². The summed E-state index contributed by atoms with van der Waals surface area (Å²) in [7, 11) is 0. The van der Waals surface area contributed by atoms with Crippen molar-refractivity contribution in [3.63, 3.8) is 0 Å². The molecule has 0 aliphatic rings. The fourth-order valence-corrected chi connectivity index (χ4v) is 3.44. The number of hydrogen-bond donors (Lipinski definition) is 2. The van der Waals surface area contributed by atoms with Crippen molar-refractivity contribution in [3.05, 3.63) is 60.2 Å². The van der Waals surface area contributed by atoms with Crippen LogP contribution in [0.5, 0.6) is 0 Å². The van der Waals surface area contributed by atoms with Crippen molar-refractivity contribution in [3.8, 4) is 0 Å². The number of aliphatic carboxylic acids is 1. The van der Waals surface area contributed by atoms with Gasteiger partial charge in [-0.1, -0.05) is 55.5 Å². The second-order valence-electron chi connectivity index (χ2n) is 6.95. The van der Waals surface area contributed by atoms with Gasteiger partial charge in [-0.25, -0.2) is 4.79 Å². The topological polar surface area (TPSA) is 92.7 Å². The van der Waals surface area contributed by atoms with Crippen molar-refractivity contribution in [1.29, 1.82) is 0 Å². The first-order valence-electron chi connectivity index (χ1n) is 9.53. The summed E-state index contributed by atoms with van der Waals surface area (Å²) in [6, 6.07) is 15.8. The summed E-state index contributed by atoms with van der Waals surface area (Å²) in [5.41, 5.74) is 0.425. The van der Waals surface area contributed by atoms with Crippen molar-refractivity contribution >= 4 is 39.4 Å². The smallest absolute Gasteiger partial charge is 0.326 e. The number of carbonyl (C=O) groups excluding carboxylic acids is 2. The first kappa shape index (κ1) is 20.3. The summed E-state index contributed by atoms with van der Waals surface area (Å²) in [5.74, 6) is -2.82. The number of nitrogens with one attached hydrogen (secondary N) is 1. The van der Waals surface area contributed by atoms with Gasteiger partial charge in [0.2, 0.25) is 0 Å². The van der Waals surface area contributed by atoms with E-state index in [1.54, 1.807) is 13.8 Å². The van der Waals surface area contributed by atoms with Crippen molar-refractivity contribution in [2.45, 2.75) is 26.3 Å². The fourth-order valence-electron chi connectivity index (χ4n) is 3.44. The first-order chi connectivity index (χ1) is 13.9. The van der Waals surface area contributed by atoms with Crippen LogP contribution in [-0.2, 0) is 14.3 Å². The van der Waals surface area contributed by atoms with E-state index < -0.39 is 29.8 Å². The number of carboxylic acid groups (broad SMARTS) is 1. The van der Waals surface area contributed by atoms with E-state index >= 15 is 0 Å². The number of carbonyl (C=O) groups is 3. The molecule has 3 rings (SSSR count). The molecule has 2 atom stereocenters. The average molecular weight is 393 g/mol. The molecule has 0 fully saturated rings. The van der Waals surface area contributed by atoms with Crippen LogP contribution in [0.25, 0.3) is 21.5 Å². The lowest BCUT2D eigenvalue weighted by Crippen LogP contribution is -2.43. The van der Waals surface area contributed by atoms with Gasteiger partial charge in [-0.2, -0.15) is 0 Å². The van der Waals surface area contributed by atoms with Crippen molar-refractivity contribution in [2.24, 2.45) is 5.92 Å². The summed E-state index contributed by atoms with van der Waals surface area (Å²) in [5, 5.41) is 15.5. The third-order valence-electron chi connectivity index (χ3n) is 4.88. The highest BCUT2D eigenvalue weighted by Crippen LogP contribution is 2.28. The van der Waals surface area contributed by atoms with Crippen LogP contribution in [0.4, 0.5) is 0 Å². The van der Waals surface area contributed by atoms with Gasteiger partial charge in [0.25, 0.3) is 5.91 Å². The normalized spacial score (nSPS) is 13.0. The van der Waals surface area contributed by atoms with Gasteiger partial charge in [-0.3, -0.25) is 9.59 Å². The second kappa shape index (κ2) is 8.73. The molecule has 0 aromatic heterocycles. The van der Waals surface area contributed by atoms with Crippen molar-refractivity contribution in [2.75, 3.05) is 6.61 Å². The molecule has 3 aromatic carbocycles. The van der Waals surface area contributed by atoms with Crippen LogP contribution < -0.4 is 5.32 Å². The van der Waals surface area contributed by atoms with Crippen LogP contribution in [0, 0.1) is 5.92 Å². The quantitative estimate of drug-likeness (QED) is 0.471. The van der Waals surface area contributed by atoms with Gasteiger partial charge in [-0.05, 0) is 41.0 Å². The molecule has 2 N–H and O–H groups in total. The lowest BCUT2D eigenvalue weighted by Gasteiger charge is -2.19. The van der Waals surface area contributed by atoms with Crippen LogP contribution in [0.2, 0.25) is 0 Å². The summed E-state index contributed by atoms with van der Waals surface area (Å²) in [4.78, 5) is 36.8. The highest BCUT2D eigenvalue weighted by molar-refractivity contribution is 6.18. The zero-order chi connectivity index (χ0) is 21.0. The summed E-state index contributed by atoms with van der Waals surface area (Å²) >= 11 is 0. The van der Waals surface area contributed by atoms with E-state index in [0.717, 1.165) is 21.5 Å². The van der Waals surface area contributed by atoms with E-state index in [-0.39, 0.29) is 13.0 Å². The number of benzene rings is 3. The van der Waals surface area contributed by atoms with Gasteiger partial charge in [0.05, 0.1) is 18.1 Å². The van der Waals surface area contributed by atoms with Crippen LogP contribution in [0.15, 0.2) is 54.6 Å². The lowest BCUT2D eigenvalue weighted by molar-refractivity contribution is -0.148. The van der Waals surface area contributed by atoms with Crippen molar-refractivity contribution in [1.82, 2.24) is 5.32 Å². The highest BCUT2D eigenvalue weighted by Gasteiger charge is 2.28. The van der Waals surface area contributed by atoms with E-state index in [0.29, 0.717) is 5.56 Å². The van der Waals surface area contributed by atoms with Gasteiger partial charge in [0, 0.05) is 0 Å². The molecule has 0 saturated heterocycles. The Morgan fingerprint density at radius 3 is 2.07 bits per heavy atom. The van der Waals surface area contributed by atoms with E-state index in [1.807, 2.05) is 54.6 Å². The second-order valence-corrected chi connectivity index (χ2v) is 6.95. The standard InChI is InChI=1S/C23H23NO5/c1-3-29-23(28)14(2)12-19(22(26)27)24-21(25)20-17-10-6-4-8-15(17)13-16-9-5-7-11-18(16)20/h4-11,13-14,19H,3,12H2,1-2H3,(H,24,25)(H,26,27)/t14-,19+/m0/s1. The van der Waals surface area contributed by atoms with Gasteiger partial charge in [-0.15, -0.1) is 0 Å². The van der Waals surface area contributed by atoms with E-state index in [4.69, 9.17) is 4.74 Å². The predicted octanol–water partition coefficient (Wildman–Crippen LogP) is 3.77. The molecule has 0 bridgehead atoms. The molecule has 0 spiro atoms. The molecule has 29 heavy (non-hydrogen) atoms. The minimum atomic E-state index is -1.21. The monoisotopic (exact) mass is 393 g/mol. The largest absolute Gasteiger partial charge is 0.480 e. The SMILES string of the molecule is CCOC(=O)[C@@H](C)C[C@@H](NC(=O)c1c2ccccc2cc2ccccc12)C(=O)O. The van der Waals surface area contributed by atoms with Crippen LogP contribution in [0.1, 0.15) is 30.6 Å². The number of ether oxygens (including phenoxy) is 1.